The van der Waals surface area contributed by atoms with Crippen molar-refractivity contribution in [2.75, 3.05) is 18.5 Å². The van der Waals surface area contributed by atoms with E-state index in [9.17, 15) is 14.4 Å². The molecule has 0 bridgehead atoms. The molecule has 3 heterocycles. The molecule has 3 aromatic rings. The second-order valence-electron chi connectivity index (χ2n) is 7.92. The Hall–Kier alpha value is -3.39. The summed E-state index contributed by atoms with van der Waals surface area (Å²) < 4.78 is 5.21. The lowest BCUT2D eigenvalue weighted by Gasteiger charge is -2.29. The Balaban J connectivity index is 1.50. The van der Waals surface area contributed by atoms with Crippen LogP contribution in [0.5, 0.6) is 0 Å². The summed E-state index contributed by atoms with van der Waals surface area (Å²) in [4.78, 5) is 42.8. The highest BCUT2D eigenvalue weighted by Crippen LogP contribution is 2.43. The number of nitrogens with zero attached hydrogens (tertiary/aromatic N) is 2. The number of aryl methyl sites for hydroxylation is 1. The van der Waals surface area contributed by atoms with Gasteiger partial charge in [0.1, 0.15) is 5.76 Å². The van der Waals surface area contributed by atoms with Crippen molar-refractivity contribution in [1.82, 2.24) is 10.2 Å². The molecule has 2 aromatic heterocycles. The van der Waals surface area contributed by atoms with Gasteiger partial charge in [-0.3, -0.25) is 14.4 Å². The largest absolute Gasteiger partial charge is 0.467 e. The zero-order valence-corrected chi connectivity index (χ0v) is 18.8. The predicted molar refractivity (Wildman–Crippen MR) is 122 cm³/mol. The first-order valence-electron chi connectivity index (χ1n) is 10.4. The van der Waals surface area contributed by atoms with Gasteiger partial charge in [-0.05, 0) is 42.6 Å². The monoisotopic (exact) mass is 451 g/mol. The normalized spacial score (nSPS) is 18.1. The lowest BCUT2D eigenvalue weighted by Crippen LogP contribution is -2.42. The van der Waals surface area contributed by atoms with Crippen LogP contribution in [0.4, 0.5) is 5.69 Å². The highest BCUT2D eigenvalue weighted by Gasteiger charge is 2.46. The van der Waals surface area contributed by atoms with Gasteiger partial charge in [0.2, 0.25) is 17.7 Å². The number of hydrogen-bond acceptors (Lipinski definition) is 5. The molecule has 1 aliphatic heterocycles. The van der Waals surface area contributed by atoms with Crippen molar-refractivity contribution in [1.29, 1.82) is 0 Å². The van der Waals surface area contributed by atoms with Crippen LogP contribution in [0.15, 0.2) is 64.6 Å². The van der Waals surface area contributed by atoms with Gasteiger partial charge in [0.25, 0.3) is 0 Å². The Morgan fingerprint density at radius 2 is 1.97 bits per heavy atom. The van der Waals surface area contributed by atoms with E-state index >= 15 is 0 Å². The summed E-state index contributed by atoms with van der Waals surface area (Å²) in [6.07, 6.45) is 1.65. The third-order valence-electron chi connectivity index (χ3n) is 5.58. The average molecular weight is 452 g/mol. The van der Waals surface area contributed by atoms with Gasteiger partial charge in [0.05, 0.1) is 31.3 Å². The predicted octanol–water partition coefficient (Wildman–Crippen LogP) is 3.52. The standard InChI is InChI=1S/C24H25N3O4S/c1-16-7-9-17(10-8-16)27-22(29)13-19(23(27)20-6-4-12-32-20)24(30)26(2)15-21(28)25-14-18-5-3-11-31-18/h3-12,19,23H,13-15H2,1-2H3,(H,25,28)/t19-,23-/m1/s1. The van der Waals surface area contributed by atoms with E-state index in [4.69, 9.17) is 4.42 Å². The summed E-state index contributed by atoms with van der Waals surface area (Å²) in [5.74, 6) is -0.532. The van der Waals surface area contributed by atoms with Crippen molar-refractivity contribution in [2.45, 2.75) is 25.9 Å². The molecule has 1 aliphatic rings. The molecular formula is C24H25N3O4S. The molecule has 3 amide bonds. The number of hydrogen-bond donors (Lipinski definition) is 1. The van der Waals surface area contributed by atoms with E-state index in [1.165, 1.54) is 16.2 Å². The van der Waals surface area contributed by atoms with Gasteiger partial charge in [0, 0.05) is 24.0 Å². The highest BCUT2D eigenvalue weighted by atomic mass is 32.1. The molecule has 0 spiro atoms. The maximum Gasteiger partial charge on any atom is 0.239 e. The molecule has 0 radical (unpaired) electrons. The SMILES string of the molecule is Cc1ccc(N2C(=O)C[C@@H](C(=O)N(C)CC(=O)NCc3ccco3)[C@@H]2c2cccs2)cc1. The quantitative estimate of drug-likeness (QED) is 0.596. The van der Waals surface area contributed by atoms with Crippen molar-refractivity contribution in [3.63, 3.8) is 0 Å². The number of likely N-dealkylation sites (N-methyl/N-ethyl adjacent to an activating group) is 1. The molecule has 1 fully saturated rings. The lowest BCUT2D eigenvalue weighted by atomic mass is 9.97. The van der Waals surface area contributed by atoms with Crippen LogP contribution < -0.4 is 10.2 Å². The first-order valence-corrected chi connectivity index (χ1v) is 11.3. The summed E-state index contributed by atoms with van der Waals surface area (Å²) in [5.41, 5.74) is 1.87. The average Bonchev–Trinajstić information content (AvgIpc) is 3.53. The molecule has 4 rings (SSSR count). The molecule has 0 saturated carbocycles. The molecule has 0 unspecified atom stereocenters. The van der Waals surface area contributed by atoms with Crippen molar-refractivity contribution in [3.8, 4) is 0 Å². The van der Waals surface area contributed by atoms with Gasteiger partial charge in [-0.2, -0.15) is 0 Å². The zero-order chi connectivity index (χ0) is 22.7. The molecule has 1 N–H and O–H groups in total. The van der Waals surface area contributed by atoms with E-state index in [2.05, 4.69) is 5.32 Å². The first kappa shape index (κ1) is 21.8. The molecule has 8 heteroatoms. The lowest BCUT2D eigenvalue weighted by molar-refractivity contribution is -0.138. The van der Waals surface area contributed by atoms with E-state index < -0.39 is 12.0 Å². The maximum absolute atomic E-state index is 13.3. The third-order valence-corrected chi connectivity index (χ3v) is 6.53. The number of anilines is 1. The summed E-state index contributed by atoms with van der Waals surface area (Å²) in [6, 6.07) is 14.7. The molecule has 0 aliphatic carbocycles. The van der Waals surface area contributed by atoms with Crippen LogP contribution in [0.3, 0.4) is 0 Å². The first-order chi connectivity index (χ1) is 15.4. The molecule has 32 heavy (non-hydrogen) atoms. The van der Waals surface area contributed by atoms with Crippen LogP contribution in [0.1, 0.15) is 28.7 Å². The molecule has 1 saturated heterocycles. The van der Waals surface area contributed by atoms with Gasteiger partial charge < -0.3 is 19.5 Å². The van der Waals surface area contributed by atoms with Crippen molar-refractivity contribution in [3.05, 3.63) is 76.4 Å². The highest BCUT2D eigenvalue weighted by molar-refractivity contribution is 7.10. The minimum absolute atomic E-state index is 0.0913. The maximum atomic E-state index is 13.3. The van der Waals surface area contributed by atoms with E-state index in [0.29, 0.717) is 5.76 Å². The molecular weight excluding hydrogens is 426 g/mol. The van der Waals surface area contributed by atoms with E-state index in [1.807, 2.05) is 48.7 Å². The Kier molecular flexibility index (Phi) is 6.41. The molecule has 7 nitrogen and oxygen atoms in total. The summed E-state index contributed by atoms with van der Waals surface area (Å²) in [6.45, 7) is 2.16. The zero-order valence-electron chi connectivity index (χ0n) is 18.0. The Labute approximate surface area is 190 Å². The fraction of sp³-hybridized carbons (Fsp3) is 0.292. The Bertz CT molecular complexity index is 1080. The van der Waals surface area contributed by atoms with Crippen LogP contribution in [-0.2, 0) is 20.9 Å². The van der Waals surface area contributed by atoms with Crippen molar-refractivity contribution < 1.29 is 18.8 Å². The number of carbonyl (C=O) groups is 3. The minimum atomic E-state index is -0.565. The van der Waals surface area contributed by atoms with Crippen LogP contribution in [0.25, 0.3) is 0 Å². The third kappa shape index (κ3) is 4.60. The number of thiophene rings is 1. The molecule has 1 aromatic carbocycles. The van der Waals surface area contributed by atoms with Crippen LogP contribution in [-0.4, -0.2) is 36.2 Å². The Morgan fingerprint density at radius 1 is 1.19 bits per heavy atom. The van der Waals surface area contributed by atoms with Crippen LogP contribution in [0.2, 0.25) is 0 Å². The summed E-state index contributed by atoms with van der Waals surface area (Å²) in [5, 5.41) is 4.69. The van der Waals surface area contributed by atoms with E-state index in [1.54, 1.807) is 30.3 Å². The topological polar surface area (TPSA) is 82.9 Å². The van der Waals surface area contributed by atoms with E-state index in [-0.39, 0.29) is 37.2 Å². The molecule has 166 valence electrons. The fourth-order valence-corrected chi connectivity index (χ4v) is 4.86. The number of nitrogens with one attached hydrogen (secondary N) is 1. The van der Waals surface area contributed by atoms with Gasteiger partial charge in [-0.25, -0.2) is 0 Å². The minimum Gasteiger partial charge on any atom is -0.467 e. The second-order valence-corrected chi connectivity index (χ2v) is 8.90. The number of rotatable bonds is 7. The van der Waals surface area contributed by atoms with Crippen molar-refractivity contribution >= 4 is 34.7 Å². The van der Waals surface area contributed by atoms with Gasteiger partial charge in [-0.1, -0.05) is 23.8 Å². The number of carbonyl (C=O) groups excluding carboxylic acids is 3. The fourth-order valence-electron chi connectivity index (χ4n) is 3.98. The van der Waals surface area contributed by atoms with Gasteiger partial charge in [-0.15, -0.1) is 11.3 Å². The summed E-state index contributed by atoms with van der Waals surface area (Å²) in [7, 11) is 1.60. The van der Waals surface area contributed by atoms with Crippen LogP contribution >= 0.6 is 11.3 Å². The van der Waals surface area contributed by atoms with Crippen LogP contribution in [0, 0.1) is 12.8 Å². The number of furan rings is 1. The smallest absolute Gasteiger partial charge is 0.239 e. The second kappa shape index (κ2) is 9.40. The number of benzene rings is 1. The van der Waals surface area contributed by atoms with Gasteiger partial charge in [0.15, 0.2) is 0 Å². The summed E-state index contributed by atoms with van der Waals surface area (Å²) >= 11 is 1.52. The van der Waals surface area contributed by atoms with Crippen molar-refractivity contribution in [2.24, 2.45) is 5.92 Å². The molecule has 2 atom stereocenters. The van der Waals surface area contributed by atoms with E-state index in [0.717, 1.165) is 16.1 Å². The number of amides is 3. The van der Waals surface area contributed by atoms with Gasteiger partial charge >= 0.3 is 0 Å². The Morgan fingerprint density at radius 3 is 2.62 bits per heavy atom.